The number of piperidine rings is 2. The van der Waals surface area contributed by atoms with Crippen LogP contribution in [0.2, 0.25) is 0 Å². The molecular weight excluding hydrogens is 925 g/mol. The van der Waals surface area contributed by atoms with Gasteiger partial charge in [-0.25, -0.2) is 29.8 Å². The van der Waals surface area contributed by atoms with Crippen LogP contribution in [0.3, 0.4) is 0 Å². The zero-order chi connectivity index (χ0) is 51.6. The normalized spacial score (nSPS) is 23.5. The van der Waals surface area contributed by atoms with Crippen molar-refractivity contribution in [2.75, 3.05) is 26.2 Å². The molecule has 6 fully saturated rings. The highest BCUT2D eigenvalue weighted by Crippen LogP contribution is 2.32. The Morgan fingerprint density at radius 3 is 1.38 bits per heavy atom. The molecular formula is C48H68N10O13. The summed E-state index contributed by atoms with van der Waals surface area (Å²) in [7, 11) is 0. The maximum Gasteiger partial charge on any atom is 0.410 e. The first-order chi connectivity index (χ1) is 33.6. The van der Waals surface area contributed by atoms with Crippen LogP contribution in [-0.2, 0) is 51.5 Å². The Hall–Kier alpha value is -6.72. The maximum absolute atomic E-state index is 12.9. The second-order valence-electron chi connectivity index (χ2n) is 20.0. The van der Waals surface area contributed by atoms with Gasteiger partial charge in [-0.3, -0.25) is 50.1 Å². The average molecular weight is 993 g/mol. The molecule has 6 atom stereocenters. The Balaban J connectivity index is 0.000000193. The van der Waals surface area contributed by atoms with Crippen LogP contribution < -0.4 is 22.1 Å². The van der Waals surface area contributed by atoms with Gasteiger partial charge in [0.15, 0.2) is 0 Å². The van der Waals surface area contributed by atoms with Crippen molar-refractivity contribution in [1.82, 2.24) is 46.0 Å². The van der Waals surface area contributed by atoms with Crippen molar-refractivity contribution < 1.29 is 62.6 Å². The van der Waals surface area contributed by atoms with Gasteiger partial charge in [-0.05, 0) is 104 Å². The monoisotopic (exact) mass is 992 g/mol. The van der Waals surface area contributed by atoms with Crippen molar-refractivity contribution in [2.45, 2.75) is 154 Å². The first kappa shape index (κ1) is 53.6. The van der Waals surface area contributed by atoms with Crippen LogP contribution in [0.25, 0.3) is 0 Å². The lowest BCUT2D eigenvalue weighted by molar-refractivity contribution is -0.143. The Morgan fingerprint density at radius 1 is 0.577 bits per heavy atom. The number of carboxylic acid groups (broad SMARTS) is 1. The number of aliphatic carboxylic acids is 1. The third kappa shape index (κ3) is 14.0. The number of hydrazine groups is 2. The van der Waals surface area contributed by atoms with Crippen LogP contribution in [-0.4, -0.2) is 156 Å². The van der Waals surface area contributed by atoms with E-state index in [9.17, 15) is 38.4 Å². The first-order valence-corrected chi connectivity index (χ1v) is 24.0. The molecule has 388 valence electrons. The Morgan fingerprint density at radius 2 is 0.972 bits per heavy atom. The van der Waals surface area contributed by atoms with E-state index in [1.807, 2.05) is 60.7 Å². The van der Waals surface area contributed by atoms with Gasteiger partial charge in [0.05, 0.1) is 12.1 Å². The van der Waals surface area contributed by atoms with Crippen molar-refractivity contribution >= 4 is 47.9 Å². The van der Waals surface area contributed by atoms with Crippen molar-refractivity contribution in [2.24, 2.45) is 5.84 Å². The number of amides is 9. The summed E-state index contributed by atoms with van der Waals surface area (Å²) in [6, 6.07) is 15.6. The van der Waals surface area contributed by atoms with Gasteiger partial charge in [-0.2, -0.15) is 10.1 Å². The second-order valence-corrected chi connectivity index (χ2v) is 20.0. The zero-order valence-corrected chi connectivity index (χ0v) is 41.2. The van der Waals surface area contributed by atoms with E-state index in [1.54, 1.807) is 41.5 Å². The molecule has 6 aliphatic heterocycles. The number of fused-ring (bicyclic) bond motifs is 4. The van der Waals surface area contributed by atoms with Gasteiger partial charge < -0.3 is 24.4 Å². The fourth-order valence-electron chi connectivity index (χ4n) is 9.10. The molecule has 3 unspecified atom stereocenters. The van der Waals surface area contributed by atoms with Crippen LogP contribution in [0.15, 0.2) is 60.7 Å². The molecule has 6 aliphatic rings. The van der Waals surface area contributed by atoms with Gasteiger partial charge in [-0.15, -0.1) is 0 Å². The summed E-state index contributed by atoms with van der Waals surface area (Å²) in [5.41, 5.74) is 7.64. The molecule has 0 aromatic heterocycles. The van der Waals surface area contributed by atoms with Gasteiger partial charge in [0.25, 0.3) is 17.7 Å². The SMILES string of the molecule is CC(C)(C)OC(=O)N1CCCC1C(=O)NN.CC(C)(C)OC(=O)N1CCCC1C(=O)NNC(=O)C1CC[C@@H]2CN1C(=O)N2OCc1ccccc1.O=C(O)[C@@H]1CC[C@@H]2CN1C(=O)N2OCc1ccccc1. The van der Waals surface area contributed by atoms with Gasteiger partial charge in [-0.1, -0.05) is 60.7 Å². The Labute approximate surface area is 413 Å². The highest BCUT2D eigenvalue weighted by atomic mass is 16.7. The molecule has 6 N–H and O–H groups in total. The van der Waals surface area contributed by atoms with Crippen molar-refractivity contribution in [3.05, 3.63) is 71.8 Å². The number of ether oxygens (including phenoxy) is 2. The average Bonchev–Trinajstić information content (AvgIpc) is 4.13. The largest absolute Gasteiger partial charge is 0.480 e. The Bertz CT molecular complexity index is 2230. The van der Waals surface area contributed by atoms with Crippen LogP contribution in [0.4, 0.5) is 19.2 Å². The lowest BCUT2D eigenvalue weighted by atomic mass is 10.0. The van der Waals surface area contributed by atoms with E-state index in [2.05, 4.69) is 16.3 Å². The van der Waals surface area contributed by atoms with Crippen LogP contribution in [0, 0.1) is 0 Å². The molecule has 0 spiro atoms. The number of hydrogen-bond acceptors (Lipinski definition) is 13. The van der Waals surface area contributed by atoms with Crippen molar-refractivity contribution in [3.8, 4) is 0 Å². The quantitative estimate of drug-likeness (QED) is 0.129. The van der Waals surface area contributed by atoms with Gasteiger partial charge in [0, 0.05) is 26.2 Å². The molecule has 2 aromatic carbocycles. The van der Waals surface area contributed by atoms with E-state index in [4.69, 9.17) is 30.1 Å². The first-order valence-electron chi connectivity index (χ1n) is 24.0. The number of carboxylic acids is 1. The molecule has 71 heavy (non-hydrogen) atoms. The number of nitrogens with one attached hydrogen (secondary N) is 3. The standard InChI is InChI=1S/C24H33N5O6.C14H16N2O4.C10H19N3O3/c1-24(2,3)35-23(33)27-13-7-10-18(27)20(30)25-26-21(31)19-12-11-17-14-28(19)22(32)29(17)34-15-16-8-5-4-6-9-16;17-13(18)12-7-6-11-8-15(12)14(19)16(11)20-9-10-4-2-1-3-5-10;1-10(2,3)16-9(15)13-6-4-5-7(13)8(14)12-11/h4-6,8-9,17-19H,7,10-15H2,1-3H3,(H,25,30)(H,26,31);1-5,11-12H,6-9H2,(H,17,18);7H,4-6,11H2,1-3H3,(H,12,14)/t17-,18?,19?;11-,12+;/m11./s1. The van der Waals surface area contributed by atoms with Crippen molar-refractivity contribution in [3.63, 3.8) is 0 Å². The number of nitrogens with two attached hydrogens (primary N) is 1. The second kappa shape index (κ2) is 23.5. The predicted molar refractivity (Wildman–Crippen MR) is 252 cm³/mol. The molecule has 8 rings (SSSR count). The van der Waals surface area contributed by atoms with Crippen LogP contribution >= 0.6 is 0 Å². The number of urea groups is 2. The fourth-order valence-corrected chi connectivity index (χ4v) is 9.10. The number of hydrogen-bond donors (Lipinski definition) is 5. The third-order valence-corrected chi connectivity index (χ3v) is 12.5. The molecule has 0 radical (unpaired) electrons. The molecule has 23 nitrogen and oxygen atoms in total. The molecule has 6 heterocycles. The summed E-state index contributed by atoms with van der Waals surface area (Å²) in [6.07, 6.45) is 3.75. The smallest absolute Gasteiger partial charge is 0.410 e. The summed E-state index contributed by atoms with van der Waals surface area (Å²) >= 11 is 0. The van der Waals surface area contributed by atoms with Crippen molar-refractivity contribution in [1.29, 1.82) is 0 Å². The number of rotatable bonds is 10. The molecule has 9 amide bonds. The summed E-state index contributed by atoms with van der Waals surface area (Å²) in [5.74, 6) is 2.81. The van der Waals surface area contributed by atoms with Gasteiger partial charge in [0.2, 0.25) is 0 Å². The van der Waals surface area contributed by atoms with Gasteiger partial charge in [0.1, 0.15) is 48.6 Å². The van der Waals surface area contributed by atoms with E-state index in [1.165, 1.54) is 29.7 Å². The highest BCUT2D eigenvalue weighted by molar-refractivity contribution is 5.92. The van der Waals surface area contributed by atoms with E-state index in [0.29, 0.717) is 77.7 Å². The molecule has 23 heteroatoms. The highest BCUT2D eigenvalue weighted by Gasteiger charge is 2.49. The number of carbonyl (C=O) groups excluding carboxylic acids is 7. The molecule has 0 aliphatic carbocycles. The van der Waals surface area contributed by atoms with E-state index < -0.39 is 65.3 Å². The molecule has 0 saturated carbocycles. The summed E-state index contributed by atoms with van der Waals surface area (Å²) in [6.45, 7) is 13.0. The lowest BCUT2D eigenvalue weighted by Crippen LogP contribution is -2.57. The summed E-state index contributed by atoms with van der Waals surface area (Å²) < 4.78 is 10.6. The van der Waals surface area contributed by atoms with E-state index in [-0.39, 0.29) is 36.7 Å². The number of likely N-dealkylation sites (tertiary alicyclic amines) is 2. The molecule has 6 saturated heterocycles. The summed E-state index contributed by atoms with van der Waals surface area (Å²) in [5, 5.41) is 11.8. The van der Waals surface area contributed by atoms with E-state index >= 15 is 0 Å². The minimum atomic E-state index is -0.943. The number of hydroxylamine groups is 4. The minimum Gasteiger partial charge on any atom is -0.480 e. The number of carbonyl (C=O) groups is 8. The van der Waals surface area contributed by atoms with E-state index in [0.717, 1.165) is 17.5 Å². The molecule has 4 bridgehead atoms. The van der Waals surface area contributed by atoms with Crippen LogP contribution in [0.5, 0.6) is 0 Å². The fraction of sp³-hybridized carbons (Fsp3) is 0.583. The zero-order valence-electron chi connectivity index (χ0n) is 41.2. The van der Waals surface area contributed by atoms with Crippen LogP contribution in [0.1, 0.15) is 104 Å². The summed E-state index contributed by atoms with van der Waals surface area (Å²) in [4.78, 5) is 114. The Kier molecular flexibility index (Phi) is 17.7. The van der Waals surface area contributed by atoms with Gasteiger partial charge >= 0.3 is 30.2 Å². The predicted octanol–water partition coefficient (Wildman–Crippen LogP) is 3.78. The lowest BCUT2D eigenvalue weighted by Gasteiger charge is -2.30. The topological polar surface area (TPSA) is 275 Å². The maximum atomic E-state index is 12.9. The number of nitrogens with zero attached hydrogens (tertiary/aromatic N) is 6. The minimum absolute atomic E-state index is 0.0400. The third-order valence-electron chi connectivity index (χ3n) is 12.5. The molecule has 2 aromatic rings. The number of benzene rings is 2.